The van der Waals surface area contributed by atoms with E-state index in [9.17, 15) is 8.78 Å². The molecule has 1 aromatic carbocycles. The van der Waals surface area contributed by atoms with Crippen LogP contribution in [-0.2, 0) is 6.61 Å². The van der Waals surface area contributed by atoms with Crippen molar-refractivity contribution in [1.29, 1.82) is 0 Å². The molecule has 1 aliphatic rings. The fourth-order valence-corrected chi connectivity index (χ4v) is 1.84. The van der Waals surface area contributed by atoms with Crippen LogP contribution in [0.4, 0.5) is 14.6 Å². The molecule has 24 heavy (non-hydrogen) atoms. The Hall–Kier alpha value is -3.16. The maximum Gasteiger partial charge on any atom is 0.318 e. The first-order valence-corrected chi connectivity index (χ1v) is 7.09. The van der Waals surface area contributed by atoms with Crippen molar-refractivity contribution in [2.45, 2.75) is 6.61 Å². The predicted octanol–water partition coefficient (Wildman–Crippen LogP) is 2.85. The highest BCUT2D eigenvalue weighted by atomic mass is 19.1. The second kappa shape index (κ2) is 7.40. The van der Waals surface area contributed by atoms with E-state index in [0.717, 1.165) is 11.8 Å². The molecule has 122 valence electrons. The molecule has 1 aromatic heterocycles. The van der Waals surface area contributed by atoms with E-state index < -0.39 is 5.82 Å². The smallest absolute Gasteiger partial charge is 0.318 e. The van der Waals surface area contributed by atoms with Gasteiger partial charge in [-0.3, -0.25) is 0 Å². The number of ether oxygens (including phenoxy) is 1. The van der Waals surface area contributed by atoms with Crippen molar-refractivity contribution in [3.8, 4) is 6.01 Å². The lowest BCUT2D eigenvalue weighted by Gasteiger charge is -2.12. The zero-order valence-corrected chi connectivity index (χ0v) is 12.5. The van der Waals surface area contributed by atoms with Gasteiger partial charge in [0.15, 0.2) is 11.6 Å². The van der Waals surface area contributed by atoms with Gasteiger partial charge in [0.25, 0.3) is 0 Å². The lowest BCUT2D eigenvalue weighted by atomic mass is 10.2. The fraction of sp³-hybridized carbons (Fsp3) is 0.125. The third-order valence-corrected chi connectivity index (χ3v) is 3.04. The fourth-order valence-electron chi connectivity index (χ4n) is 1.84. The van der Waals surface area contributed by atoms with E-state index in [1.54, 1.807) is 29.6 Å². The lowest BCUT2D eigenvalue weighted by molar-refractivity contribution is 0.279. The van der Waals surface area contributed by atoms with Gasteiger partial charge in [-0.25, -0.2) is 23.7 Å². The largest absolute Gasteiger partial charge is 0.459 e. The molecule has 2 heterocycles. The van der Waals surface area contributed by atoms with Gasteiger partial charge >= 0.3 is 6.01 Å². The minimum Gasteiger partial charge on any atom is -0.459 e. The Morgan fingerprint density at radius 1 is 1.25 bits per heavy atom. The summed E-state index contributed by atoms with van der Waals surface area (Å²) in [5.41, 5.74) is 0.741. The van der Waals surface area contributed by atoms with Crippen molar-refractivity contribution >= 4 is 18.5 Å². The van der Waals surface area contributed by atoms with Crippen LogP contribution in [0.3, 0.4) is 0 Å². The first-order valence-electron chi connectivity index (χ1n) is 7.09. The molecular weight excluding hydrogens is 316 g/mol. The maximum atomic E-state index is 13.7. The van der Waals surface area contributed by atoms with Crippen molar-refractivity contribution < 1.29 is 13.5 Å². The highest BCUT2D eigenvalue weighted by Crippen LogP contribution is 2.17. The summed E-state index contributed by atoms with van der Waals surface area (Å²) < 4.78 is 32.0. The van der Waals surface area contributed by atoms with Crippen LogP contribution in [0, 0.1) is 11.6 Å². The SMILES string of the molecule is Fc1ccc(COc2ncc(F)c(N=CN3C=NC=CC3)n2)cc1. The third-order valence-electron chi connectivity index (χ3n) is 3.04. The summed E-state index contributed by atoms with van der Waals surface area (Å²) in [6.45, 7) is 0.728. The molecule has 0 atom stereocenters. The Morgan fingerprint density at radius 3 is 2.83 bits per heavy atom. The molecule has 0 fully saturated rings. The van der Waals surface area contributed by atoms with Gasteiger partial charge in [0, 0.05) is 12.7 Å². The van der Waals surface area contributed by atoms with E-state index in [1.165, 1.54) is 18.5 Å². The van der Waals surface area contributed by atoms with Crippen LogP contribution in [0.15, 0.2) is 52.7 Å². The standard InChI is InChI=1S/C16H13F2N5O/c17-13-4-2-12(3-5-13)9-24-16-20-8-14(18)15(22-16)21-11-23-7-1-6-19-10-23/h1-6,8,10-11H,7,9H2. The Kier molecular flexibility index (Phi) is 4.85. The predicted molar refractivity (Wildman–Crippen MR) is 85.2 cm³/mol. The molecule has 0 bridgehead atoms. The average Bonchev–Trinajstić information content (AvgIpc) is 2.62. The zero-order chi connectivity index (χ0) is 16.8. The summed E-state index contributed by atoms with van der Waals surface area (Å²) >= 11 is 0. The molecular formula is C16H13F2N5O. The van der Waals surface area contributed by atoms with Gasteiger partial charge in [0.2, 0.25) is 0 Å². The molecule has 0 N–H and O–H groups in total. The van der Waals surface area contributed by atoms with Gasteiger partial charge in [0.05, 0.1) is 18.9 Å². The number of rotatable bonds is 5. The number of hydrogen-bond donors (Lipinski definition) is 0. The van der Waals surface area contributed by atoms with Crippen LogP contribution in [-0.4, -0.2) is 34.1 Å². The number of benzene rings is 1. The summed E-state index contributed by atoms with van der Waals surface area (Å²) in [5, 5.41) is 0. The molecule has 2 aromatic rings. The number of aliphatic imine (C=N–C) groups is 2. The van der Waals surface area contributed by atoms with E-state index in [4.69, 9.17) is 4.74 Å². The molecule has 0 radical (unpaired) electrons. The highest BCUT2D eigenvalue weighted by Gasteiger charge is 2.08. The van der Waals surface area contributed by atoms with Gasteiger partial charge in [-0.1, -0.05) is 12.1 Å². The van der Waals surface area contributed by atoms with Gasteiger partial charge in [-0.05, 0) is 23.8 Å². The molecule has 0 spiro atoms. The summed E-state index contributed by atoms with van der Waals surface area (Å²) in [4.78, 5) is 17.3. The summed E-state index contributed by atoms with van der Waals surface area (Å²) in [6, 6.07) is 5.81. The van der Waals surface area contributed by atoms with E-state index in [0.29, 0.717) is 6.54 Å². The van der Waals surface area contributed by atoms with Crippen molar-refractivity contribution in [1.82, 2.24) is 14.9 Å². The van der Waals surface area contributed by atoms with Crippen molar-refractivity contribution in [2.75, 3.05) is 6.54 Å². The van der Waals surface area contributed by atoms with Crippen molar-refractivity contribution in [2.24, 2.45) is 9.98 Å². The van der Waals surface area contributed by atoms with Gasteiger partial charge < -0.3 is 9.64 Å². The molecule has 0 saturated heterocycles. The molecule has 8 heteroatoms. The van der Waals surface area contributed by atoms with E-state index in [2.05, 4.69) is 20.0 Å². The second-order valence-electron chi connectivity index (χ2n) is 4.83. The maximum absolute atomic E-state index is 13.7. The van der Waals surface area contributed by atoms with Crippen LogP contribution < -0.4 is 4.74 Å². The van der Waals surface area contributed by atoms with Gasteiger partial charge in [0.1, 0.15) is 12.4 Å². The second-order valence-corrected chi connectivity index (χ2v) is 4.83. The molecule has 0 aliphatic carbocycles. The molecule has 0 saturated carbocycles. The number of aromatic nitrogens is 2. The number of hydrogen-bond acceptors (Lipinski definition) is 5. The Labute approximate surface area is 136 Å². The normalized spacial score (nSPS) is 13.7. The molecule has 0 unspecified atom stereocenters. The Balaban J connectivity index is 1.66. The van der Waals surface area contributed by atoms with Crippen LogP contribution >= 0.6 is 0 Å². The third kappa shape index (κ3) is 4.19. The molecule has 1 aliphatic heterocycles. The zero-order valence-electron chi connectivity index (χ0n) is 12.5. The molecule has 3 rings (SSSR count). The van der Waals surface area contributed by atoms with E-state index in [-0.39, 0.29) is 24.3 Å². The summed E-state index contributed by atoms with van der Waals surface area (Å²) in [6.07, 6.45) is 7.47. The van der Waals surface area contributed by atoms with Gasteiger partial charge in [-0.2, -0.15) is 4.98 Å². The monoisotopic (exact) mass is 329 g/mol. The first kappa shape index (κ1) is 15.7. The highest BCUT2D eigenvalue weighted by molar-refractivity contribution is 5.78. The number of nitrogens with zero attached hydrogens (tertiary/aromatic N) is 5. The number of halogens is 2. The van der Waals surface area contributed by atoms with E-state index >= 15 is 0 Å². The lowest BCUT2D eigenvalue weighted by Crippen LogP contribution is -2.21. The van der Waals surface area contributed by atoms with Crippen molar-refractivity contribution in [3.63, 3.8) is 0 Å². The van der Waals surface area contributed by atoms with E-state index in [1.807, 2.05) is 6.08 Å². The topological polar surface area (TPSA) is 63.0 Å². The molecule has 6 nitrogen and oxygen atoms in total. The quantitative estimate of drug-likeness (QED) is 0.625. The van der Waals surface area contributed by atoms with Crippen molar-refractivity contribution in [3.05, 3.63) is 59.9 Å². The van der Waals surface area contributed by atoms with Crippen LogP contribution in [0.25, 0.3) is 0 Å². The summed E-state index contributed by atoms with van der Waals surface area (Å²) in [5.74, 6) is -1.13. The van der Waals surface area contributed by atoms with Crippen LogP contribution in [0.2, 0.25) is 0 Å². The van der Waals surface area contributed by atoms with Crippen LogP contribution in [0.5, 0.6) is 6.01 Å². The molecule has 0 amide bonds. The average molecular weight is 329 g/mol. The first-order chi connectivity index (χ1) is 11.7. The minimum atomic E-state index is -0.662. The minimum absolute atomic E-state index is 0.0138. The Bertz CT molecular complexity index is 790. The Morgan fingerprint density at radius 2 is 2.08 bits per heavy atom. The van der Waals surface area contributed by atoms with Gasteiger partial charge in [-0.15, -0.1) is 0 Å². The summed E-state index contributed by atoms with van der Waals surface area (Å²) in [7, 11) is 0. The van der Waals surface area contributed by atoms with Crippen LogP contribution in [0.1, 0.15) is 5.56 Å².